The number of carbonyl (C=O) groups is 1. The zero-order chi connectivity index (χ0) is 14.0. The Morgan fingerprint density at radius 3 is 2.47 bits per heavy atom. The highest BCUT2D eigenvalue weighted by atomic mass is 127. The first kappa shape index (κ1) is 13.5. The highest BCUT2D eigenvalue weighted by molar-refractivity contribution is 14.1. The average Bonchev–Trinajstić information content (AvgIpc) is 2.38. The quantitative estimate of drug-likeness (QED) is 0.802. The van der Waals surface area contributed by atoms with Crippen LogP contribution in [0.2, 0.25) is 0 Å². The molecule has 2 rings (SSSR count). The maximum Gasteiger partial charge on any atom is 0.358 e. The molecular weight excluding hydrogens is 361 g/mol. The Labute approximate surface area is 122 Å². The number of methoxy groups -OCH3 is 1. The van der Waals surface area contributed by atoms with E-state index in [1.54, 1.807) is 12.1 Å². The summed E-state index contributed by atoms with van der Waals surface area (Å²) < 4.78 is 5.97. The van der Waals surface area contributed by atoms with Crippen molar-refractivity contribution in [2.24, 2.45) is 0 Å². The first-order chi connectivity index (χ1) is 9.02. The molecule has 0 amide bonds. The summed E-state index contributed by atoms with van der Waals surface area (Å²) in [7, 11) is 1.33. The third kappa shape index (κ3) is 2.75. The second-order valence-corrected chi connectivity index (χ2v) is 4.87. The summed E-state index contributed by atoms with van der Waals surface area (Å²) in [5.41, 5.74) is 6.14. The van der Waals surface area contributed by atoms with Crippen LogP contribution in [0.4, 0.5) is 5.82 Å². The molecule has 0 saturated heterocycles. The minimum absolute atomic E-state index is 0.00319. The van der Waals surface area contributed by atoms with Crippen molar-refractivity contribution in [3.05, 3.63) is 33.5 Å². The van der Waals surface area contributed by atoms with Gasteiger partial charge >= 0.3 is 5.97 Å². The van der Waals surface area contributed by atoms with E-state index in [1.165, 1.54) is 7.11 Å². The van der Waals surface area contributed by atoms with Gasteiger partial charge in [0.1, 0.15) is 0 Å². The monoisotopic (exact) mass is 371 g/mol. The van der Waals surface area contributed by atoms with Crippen molar-refractivity contribution in [2.75, 3.05) is 12.8 Å². The van der Waals surface area contributed by atoms with Gasteiger partial charge in [0.2, 0.25) is 0 Å². The van der Waals surface area contributed by atoms with Crippen molar-refractivity contribution in [2.45, 2.75) is 0 Å². The van der Waals surface area contributed by atoms with Gasteiger partial charge in [-0.1, -0.05) is 12.1 Å². The van der Waals surface area contributed by atoms with Gasteiger partial charge in [0.25, 0.3) is 0 Å². The number of aromatic nitrogens is 2. The van der Waals surface area contributed by atoms with Gasteiger partial charge in [-0.2, -0.15) is 0 Å². The van der Waals surface area contributed by atoms with Crippen molar-refractivity contribution in [3.63, 3.8) is 0 Å². The Morgan fingerprint density at radius 2 is 1.95 bits per heavy atom. The number of nitrogens with two attached hydrogens (primary N) is 1. The highest BCUT2D eigenvalue weighted by Gasteiger charge is 2.19. The molecule has 0 aliphatic heterocycles. The average molecular weight is 371 g/mol. The van der Waals surface area contributed by atoms with E-state index in [-0.39, 0.29) is 23.1 Å². The first-order valence-electron chi connectivity index (χ1n) is 5.23. The number of hydrogen-bond donors (Lipinski definition) is 2. The molecule has 0 saturated carbocycles. The van der Waals surface area contributed by atoms with Crippen LogP contribution in [0, 0.1) is 3.57 Å². The van der Waals surface area contributed by atoms with E-state index in [9.17, 15) is 4.79 Å². The number of halogens is 1. The van der Waals surface area contributed by atoms with Crippen LogP contribution in [0.15, 0.2) is 24.3 Å². The standard InChI is InChI=1S/C12H10IN3O3/c1-19-9-8(12(17)18)15-11(16-10(9)14)6-2-4-7(13)5-3-6/h2-5H,1H3,(H,17,18)(H2,14,15,16). The van der Waals surface area contributed by atoms with Crippen LogP contribution in [-0.4, -0.2) is 28.2 Å². The Bertz CT molecular complexity index is 629. The second kappa shape index (κ2) is 5.39. The molecule has 3 N–H and O–H groups in total. The molecule has 0 fully saturated rings. The second-order valence-electron chi connectivity index (χ2n) is 3.63. The molecule has 1 heterocycles. The molecule has 0 spiro atoms. The van der Waals surface area contributed by atoms with Gasteiger partial charge in [-0.3, -0.25) is 0 Å². The maximum absolute atomic E-state index is 11.1. The lowest BCUT2D eigenvalue weighted by Gasteiger charge is -2.09. The van der Waals surface area contributed by atoms with E-state index in [0.29, 0.717) is 5.56 Å². The third-order valence-corrected chi connectivity index (χ3v) is 3.12. The summed E-state index contributed by atoms with van der Waals surface area (Å²) in [5.74, 6) is -0.977. The van der Waals surface area contributed by atoms with E-state index in [4.69, 9.17) is 15.6 Å². The summed E-state index contributed by atoms with van der Waals surface area (Å²) in [4.78, 5) is 19.2. The van der Waals surface area contributed by atoms with Gasteiger partial charge in [-0.15, -0.1) is 0 Å². The molecule has 0 aliphatic rings. The minimum atomic E-state index is -1.21. The predicted molar refractivity (Wildman–Crippen MR) is 78.1 cm³/mol. The molecule has 0 bridgehead atoms. The molecule has 0 aliphatic carbocycles. The number of nitrogen functional groups attached to an aromatic ring is 1. The number of benzene rings is 1. The molecule has 98 valence electrons. The Hall–Kier alpha value is -1.90. The van der Waals surface area contributed by atoms with E-state index < -0.39 is 5.97 Å². The van der Waals surface area contributed by atoms with Gasteiger partial charge in [-0.25, -0.2) is 14.8 Å². The first-order valence-corrected chi connectivity index (χ1v) is 6.31. The van der Waals surface area contributed by atoms with Crippen molar-refractivity contribution < 1.29 is 14.6 Å². The van der Waals surface area contributed by atoms with Gasteiger partial charge in [0.05, 0.1) is 7.11 Å². The number of aromatic carboxylic acids is 1. The van der Waals surface area contributed by atoms with Crippen molar-refractivity contribution in [1.29, 1.82) is 0 Å². The number of carboxylic acids is 1. The molecule has 7 heteroatoms. The number of hydrogen-bond acceptors (Lipinski definition) is 5. The van der Waals surface area contributed by atoms with Crippen LogP contribution in [0.3, 0.4) is 0 Å². The Balaban J connectivity index is 2.59. The van der Waals surface area contributed by atoms with Crippen LogP contribution < -0.4 is 10.5 Å². The van der Waals surface area contributed by atoms with Crippen molar-refractivity contribution in [3.8, 4) is 17.1 Å². The van der Waals surface area contributed by atoms with Crippen LogP contribution in [0.25, 0.3) is 11.4 Å². The lowest BCUT2D eigenvalue weighted by atomic mass is 10.2. The van der Waals surface area contributed by atoms with E-state index >= 15 is 0 Å². The van der Waals surface area contributed by atoms with E-state index in [0.717, 1.165) is 3.57 Å². The number of rotatable bonds is 3. The van der Waals surface area contributed by atoms with Crippen LogP contribution in [0.5, 0.6) is 5.75 Å². The molecule has 6 nitrogen and oxygen atoms in total. The zero-order valence-corrected chi connectivity index (χ0v) is 12.1. The van der Waals surface area contributed by atoms with Gasteiger partial charge < -0.3 is 15.6 Å². The fraction of sp³-hybridized carbons (Fsp3) is 0.0833. The van der Waals surface area contributed by atoms with Crippen LogP contribution in [0.1, 0.15) is 10.5 Å². The lowest BCUT2D eigenvalue weighted by molar-refractivity contribution is 0.0686. The Kier molecular flexibility index (Phi) is 3.84. The van der Waals surface area contributed by atoms with Gasteiger partial charge in [-0.05, 0) is 34.7 Å². The topological polar surface area (TPSA) is 98.3 Å². The molecule has 2 aromatic rings. The summed E-state index contributed by atoms with van der Waals surface area (Å²) >= 11 is 2.17. The largest absolute Gasteiger partial charge is 0.491 e. The highest BCUT2D eigenvalue weighted by Crippen LogP contribution is 2.27. The number of nitrogens with zero attached hydrogens (tertiary/aromatic N) is 2. The SMILES string of the molecule is COc1c(N)nc(-c2ccc(I)cc2)nc1C(=O)O. The molecule has 0 unspecified atom stereocenters. The third-order valence-electron chi connectivity index (χ3n) is 2.40. The van der Waals surface area contributed by atoms with Crippen LogP contribution >= 0.6 is 22.6 Å². The molecule has 0 radical (unpaired) electrons. The normalized spacial score (nSPS) is 10.2. The van der Waals surface area contributed by atoms with Gasteiger partial charge in [0.15, 0.2) is 23.1 Å². The fourth-order valence-corrected chi connectivity index (χ4v) is 1.90. The van der Waals surface area contributed by atoms with Crippen molar-refractivity contribution in [1.82, 2.24) is 9.97 Å². The molecule has 0 atom stereocenters. The molecule has 19 heavy (non-hydrogen) atoms. The van der Waals surface area contributed by atoms with E-state index in [2.05, 4.69) is 32.6 Å². The summed E-state index contributed by atoms with van der Waals surface area (Å²) in [5, 5.41) is 9.11. The number of ether oxygens (including phenoxy) is 1. The summed E-state index contributed by atoms with van der Waals surface area (Å²) in [6.45, 7) is 0. The van der Waals surface area contributed by atoms with Crippen LogP contribution in [-0.2, 0) is 0 Å². The minimum Gasteiger partial charge on any atom is -0.491 e. The summed E-state index contributed by atoms with van der Waals surface area (Å²) in [6.07, 6.45) is 0. The molecule has 1 aromatic heterocycles. The zero-order valence-electron chi connectivity index (χ0n) is 9.92. The van der Waals surface area contributed by atoms with E-state index in [1.807, 2.05) is 12.1 Å². The summed E-state index contributed by atoms with van der Waals surface area (Å²) in [6, 6.07) is 7.35. The maximum atomic E-state index is 11.1. The molecular formula is C12H10IN3O3. The molecule has 1 aromatic carbocycles. The number of carboxylic acid groups (broad SMARTS) is 1. The number of anilines is 1. The Morgan fingerprint density at radius 1 is 1.32 bits per heavy atom. The van der Waals surface area contributed by atoms with Gasteiger partial charge in [0, 0.05) is 9.13 Å². The predicted octanol–water partition coefficient (Wildman–Crippen LogP) is 2.04. The van der Waals surface area contributed by atoms with Crippen molar-refractivity contribution >= 4 is 34.4 Å². The smallest absolute Gasteiger partial charge is 0.358 e. The lowest BCUT2D eigenvalue weighted by Crippen LogP contribution is -2.09. The fourth-order valence-electron chi connectivity index (χ4n) is 1.54.